The number of benzene rings is 3. The van der Waals surface area contributed by atoms with Crippen molar-refractivity contribution in [2.45, 2.75) is 13.0 Å². The smallest absolute Gasteiger partial charge is 0.193 e. The van der Waals surface area contributed by atoms with E-state index in [4.69, 9.17) is 21.7 Å². The molecule has 0 aliphatic carbocycles. The van der Waals surface area contributed by atoms with Crippen LogP contribution >= 0.6 is 12.2 Å². The highest BCUT2D eigenvalue weighted by atomic mass is 32.1. The summed E-state index contributed by atoms with van der Waals surface area (Å²) in [7, 11) is 1.60. The Hall–Kier alpha value is -3.64. The number of hydrogen-bond donors (Lipinski definition) is 2. The number of nitrogens with one attached hydrogen (secondary N) is 2. The average Bonchev–Trinajstić information content (AvgIpc) is 2.84. The maximum absolute atomic E-state index is 13.8. The zero-order valence-electron chi connectivity index (χ0n) is 17.9. The zero-order chi connectivity index (χ0) is 22.5. The van der Waals surface area contributed by atoms with Crippen LogP contribution in [0.1, 0.15) is 34.5 Å². The Labute approximate surface area is 193 Å². The molecule has 5 nitrogen and oxygen atoms in total. The quantitative estimate of drug-likeness (QED) is 0.399. The number of Topliss-reactive ketones (excluding diaryl/α,β-unsaturated/α-hetero) is 1. The van der Waals surface area contributed by atoms with E-state index in [9.17, 15) is 4.79 Å². The summed E-state index contributed by atoms with van der Waals surface area (Å²) in [5, 5.41) is 6.95. The van der Waals surface area contributed by atoms with E-state index < -0.39 is 6.04 Å². The van der Waals surface area contributed by atoms with Gasteiger partial charge in [-0.2, -0.15) is 0 Å². The fourth-order valence-corrected chi connectivity index (χ4v) is 4.00. The van der Waals surface area contributed by atoms with Crippen molar-refractivity contribution in [1.29, 1.82) is 0 Å². The molecule has 6 heteroatoms. The van der Waals surface area contributed by atoms with Crippen LogP contribution in [0.15, 0.2) is 84.4 Å². The van der Waals surface area contributed by atoms with Crippen molar-refractivity contribution in [3.63, 3.8) is 0 Å². The van der Waals surface area contributed by atoms with Gasteiger partial charge < -0.3 is 20.1 Å². The predicted octanol–water partition coefficient (Wildman–Crippen LogP) is 4.91. The molecule has 0 spiro atoms. The molecular formula is C26H24N2O3S. The normalized spacial score (nSPS) is 15.6. The molecule has 3 aromatic rings. The first-order chi connectivity index (χ1) is 15.6. The highest BCUT2D eigenvalue weighted by Gasteiger charge is 2.33. The van der Waals surface area contributed by atoms with Crippen LogP contribution < -0.4 is 20.1 Å². The number of carbonyl (C=O) groups is 1. The van der Waals surface area contributed by atoms with Gasteiger partial charge in [-0.3, -0.25) is 4.79 Å². The molecule has 0 fully saturated rings. The molecule has 162 valence electrons. The lowest BCUT2D eigenvalue weighted by Gasteiger charge is -2.32. The van der Waals surface area contributed by atoms with Gasteiger partial charge in [-0.25, -0.2) is 0 Å². The Kier molecular flexibility index (Phi) is 6.52. The lowest BCUT2D eigenvalue weighted by Crippen LogP contribution is -2.44. The van der Waals surface area contributed by atoms with E-state index in [0.717, 1.165) is 11.1 Å². The second-order valence-electron chi connectivity index (χ2n) is 7.22. The molecule has 1 heterocycles. The van der Waals surface area contributed by atoms with Gasteiger partial charge in [0.25, 0.3) is 0 Å². The minimum absolute atomic E-state index is 0.0789. The van der Waals surface area contributed by atoms with Crippen molar-refractivity contribution >= 4 is 28.8 Å². The van der Waals surface area contributed by atoms with Gasteiger partial charge >= 0.3 is 0 Å². The Balaban J connectivity index is 1.90. The maximum Gasteiger partial charge on any atom is 0.193 e. The van der Waals surface area contributed by atoms with Crippen molar-refractivity contribution in [2.24, 2.45) is 0 Å². The van der Waals surface area contributed by atoms with Crippen molar-refractivity contribution in [3.05, 3.63) is 101 Å². The molecule has 2 N–H and O–H groups in total. The fourth-order valence-electron chi connectivity index (χ4n) is 3.78. The van der Waals surface area contributed by atoms with E-state index in [1.165, 1.54) is 0 Å². The standard InChI is InChI=1S/C26H24N2O3S/c1-3-31-20-15-14-19(16-21(20)30-2)24-22(25(29)18-12-8-5-9-13-18)23(27-26(32)28-24)17-10-6-4-7-11-17/h4-16,24H,3H2,1-2H3,(H2,27,28,32)/t24-/m0/s1. The van der Waals surface area contributed by atoms with E-state index in [0.29, 0.717) is 40.1 Å². The Morgan fingerprint density at radius 3 is 2.31 bits per heavy atom. The molecule has 0 amide bonds. The second-order valence-corrected chi connectivity index (χ2v) is 7.63. The Morgan fingerprint density at radius 2 is 1.66 bits per heavy atom. The molecule has 0 bridgehead atoms. The van der Waals surface area contributed by atoms with Crippen molar-refractivity contribution in [2.75, 3.05) is 13.7 Å². The van der Waals surface area contributed by atoms with Crippen LogP contribution in [0.2, 0.25) is 0 Å². The number of hydrogen-bond acceptors (Lipinski definition) is 4. The number of thiocarbonyl (C=S) groups is 1. The summed E-state index contributed by atoms with van der Waals surface area (Å²) in [5.41, 5.74) is 3.62. The van der Waals surface area contributed by atoms with E-state index in [1.54, 1.807) is 7.11 Å². The topological polar surface area (TPSA) is 59.6 Å². The van der Waals surface area contributed by atoms with Crippen LogP contribution in [0.3, 0.4) is 0 Å². The summed E-state index contributed by atoms with van der Waals surface area (Å²) in [5.74, 6) is 1.17. The van der Waals surface area contributed by atoms with Gasteiger partial charge in [0.15, 0.2) is 22.4 Å². The molecular weight excluding hydrogens is 420 g/mol. The lowest BCUT2D eigenvalue weighted by molar-refractivity contribution is 0.102. The van der Waals surface area contributed by atoms with Crippen LogP contribution in [0.5, 0.6) is 11.5 Å². The van der Waals surface area contributed by atoms with Crippen molar-refractivity contribution < 1.29 is 14.3 Å². The summed E-state index contributed by atoms with van der Waals surface area (Å²) in [4.78, 5) is 13.8. The molecule has 4 rings (SSSR count). The highest BCUT2D eigenvalue weighted by Crippen LogP contribution is 2.37. The summed E-state index contributed by atoms with van der Waals surface area (Å²) in [6.45, 7) is 2.45. The van der Waals surface area contributed by atoms with Gasteiger partial charge in [0.1, 0.15) is 0 Å². The molecule has 1 atom stereocenters. The molecule has 0 radical (unpaired) electrons. The van der Waals surface area contributed by atoms with Gasteiger partial charge in [0.2, 0.25) is 0 Å². The largest absolute Gasteiger partial charge is 0.493 e. The average molecular weight is 445 g/mol. The van der Waals surface area contributed by atoms with Crippen LogP contribution in [-0.4, -0.2) is 24.6 Å². The summed E-state index contributed by atoms with van der Waals surface area (Å²) in [6, 6.07) is 24.2. The van der Waals surface area contributed by atoms with Gasteiger partial charge in [-0.15, -0.1) is 0 Å². The Bertz CT molecular complexity index is 1160. The van der Waals surface area contributed by atoms with Crippen molar-refractivity contribution in [3.8, 4) is 11.5 Å². The molecule has 0 saturated heterocycles. The summed E-state index contributed by atoms with van der Waals surface area (Å²) in [6.07, 6.45) is 0. The fraction of sp³-hybridized carbons (Fsp3) is 0.154. The second kappa shape index (κ2) is 9.66. The predicted molar refractivity (Wildman–Crippen MR) is 130 cm³/mol. The third-order valence-electron chi connectivity index (χ3n) is 5.24. The first kappa shape index (κ1) is 21.6. The zero-order valence-corrected chi connectivity index (χ0v) is 18.7. The molecule has 1 aliphatic heterocycles. The number of rotatable bonds is 7. The first-order valence-electron chi connectivity index (χ1n) is 10.4. The molecule has 0 aromatic heterocycles. The number of carbonyl (C=O) groups excluding carboxylic acids is 1. The van der Waals surface area contributed by atoms with E-state index >= 15 is 0 Å². The molecule has 32 heavy (non-hydrogen) atoms. The number of methoxy groups -OCH3 is 1. The highest BCUT2D eigenvalue weighted by molar-refractivity contribution is 7.80. The lowest BCUT2D eigenvalue weighted by atomic mass is 9.87. The Morgan fingerprint density at radius 1 is 0.969 bits per heavy atom. The summed E-state index contributed by atoms with van der Waals surface area (Å²) < 4.78 is 11.2. The van der Waals surface area contributed by atoms with Gasteiger partial charge in [-0.05, 0) is 42.4 Å². The first-order valence-corrected chi connectivity index (χ1v) is 10.8. The van der Waals surface area contributed by atoms with Gasteiger partial charge in [0.05, 0.1) is 31.0 Å². The minimum Gasteiger partial charge on any atom is -0.493 e. The van der Waals surface area contributed by atoms with Crippen LogP contribution in [0, 0.1) is 0 Å². The van der Waals surface area contributed by atoms with Crippen molar-refractivity contribution in [1.82, 2.24) is 10.6 Å². The summed E-state index contributed by atoms with van der Waals surface area (Å²) >= 11 is 5.52. The molecule has 1 aliphatic rings. The number of ketones is 1. The van der Waals surface area contributed by atoms with E-state index in [2.05, 4.69) is 10.6 Å². The third-order valence-corrected chi connectivity index (χ3v) is 5.46. The van der Waals surface area contributed by atoms with E-state index in [1.807, 2.05) is 85.8 Å². The van der Waals surface area contributed by atoms with Crippen LogP contribution in [-0.2, 0) is 0 Å². The maximum atomic E-state index is 13.8. The molecule has 0 unspecified atom stereocenters. The molecule has 3 aromatic carbocycles. The number of ether oxygens (including phenoxy) is 2. The van der Waals surface area contributed by atoms with Crippen LogP contribution in [0.4, 0.5) is 0 Å². The van der Waals surface area contributed by atoms with E-state index in [-0.39, 0.29) is 5.78 Å². The SMILES string of the molecule is CCOc1ccc([C@@H]2NC(=S)NC(c3ccccc3)=C2C(=O)c2ccccc2)cc1OC. The van der Waals surface area contributed by atoms with Gasteiger partial charge in [0, 0.05) is 5.56 Å². The minimum atomic E-state index is -0.462. The monoisotopic (exact) mass is 444 g/mol. The third kappa shape index (κ3) is 4.36. The van der Waals surface area contributed by atoms with Crippen LogP contribution in [0.25, 0.3) is 5.70 Å². The van der Waals surface area contributed by atoms with Gasteiger partial charge in [-0.1, -0.05) is 66.7 Å². The molecule has 0 saturated carbocycles.